The second-order valence-electron chi connectivity index (χ2n) is 9.02. The Morgan fingerprint density at radius 2 is 1.43 bits per heavy atom. The molecule has 0 radical (unpaired) electrons. The zero-order valence-electron chi connectivity index (χ0n) is 20.9. The second-order valence-corrected chi connectivity index (χ2v) is 9.94. The first-order valence-corrected chi connectivity index (χ1v) is 13.0. The number of carbonyl (C=O) groups is 2. The summed E-state index contributed by atoms with van der Waals surface area (Å²) in [6.45, 7) is 3.97. The van der Waals surface area contributed by atoms with Gasteiger partial charge in [-0.1, -0.05) is 52.3 Å². The van der Waals surface area contributed by atoms with Crippen molar-refractivity contribution in [3.63, 3.8) is 0 Å². The van der Waals surface area contributed by atoms with Crippen LogP contribution in [0.15, 0.2) is 89.4 Å². The Hall–Kier alpha value is -3.84. The molecule has 0 N–H and O–H groups in total. The normalized spacial score (nSPS) is 13.5. The summed E-state index contributed by atoms with van der Waals surface area (Å²) in [6.07, 6.45) is 0. The highest BCUT2D eigenvalue weighted by atomic mass is 79.9. The zero-order valence-corrected chi connectivity index (χ0v) is 22.4. The fourth-order valence-electron chi connectivity index (χ4n) is 4.78. The molecule has 188 valence electrons. The lowest BCUT2D eigenvalue weighted by atomic mass is 10.1. The molecule has 1 aromatic heterocycles. The molecule has 37 heavy (non-hydrogen) atoms. The minimum atomic E-state index is -0.0212. The molecule has 0 saturated carbocycles. The van der Waals surface area contributed by atoms with E-state index in [0.717, 1.165) is 32.9 Å². The Bertz CT molecular complexity index is 1420. The lowest BCUT2D eigenvalue weighted by Gasteiger charge is -2.35. The van der Waals surface area contributed by atoms with Crippen molar-refractivity contribution in [3.05, 3.63) is 106 Å². The van der Waals surface area contributed by atoms with Crippen LogP contribution in [0.2, 0.25) is 0 Å². The molecule has 5 rings (SSSR count). The van der Waals surface area contributed by atoms with Gasteiger partial charge in [-0.2, -0.15) is 0 Å². The van der Waals surface area contributed by atoms with Gasteiger partial charge in [-0.25, -0.2) is 0 Å². The van der Waals surface area contributed by atoms with E-state index >= 15 is 0 Å². The molecule has 1 saturated heterocycles. The Balaban J connectivity index is 1.41. The molecule has 6 nitrogen and oxygen atoms in total. The number of amides is 2. The average molecular weight is 558 g/mol. The first-order chi connectivity index (χ1) is 18.0. The van der Waals surface area contributed by atoms with E-state index < -0.39 is 0 Å². The molecule has 0 aliphatic carbocycles. The summed E-state index contributed by atoms with van der Waals surface area (Å²) in [7, 11) is 1.65. The number of rotatable bonds is 5. The van der Waals surface area contributed by atoms with Crippen molar-refractivity contribution in [2.24, 2.45) is 0 Å². The van der Waals surface area contributed by atoms with Gasteiger partial charge in [0.05, 0.1) is 18.4 Å². The quantitative estimate of drug-likeness (QED) is 0.310. The zero-order chi connectivity index (χ0) is 25.9. The van der Waals surface area contributed by atoms with E-state index in [1.807, 2.05) is 102 Å². The van der Waals surface area contributed by atoms with Gasteiger partial charge in [0.25, 0.3) is 11.8 Å². The number of benzene rings is 3. The van der Waals surface area contributed by atoms with E-state index in [9.17, 15) is 9.59 Å². The number of methoxy groups -OCH3 is 1. The highest BCUT2D eigenvalue weighted by molar-refractivity contribution is 9.10. The largest absolute Gasteiger partial charge is 0.497 e. The minimum absolute atomic E-state index is 0.00804. The van der Waals surface area contributed by atoms with Crippen LogP contribution in [0.1, 0.15) is 26.4 Å². The number of piperazine rings is 1. The summed E-state index contributed by atoms with van der Waals surface area (Å²) in [5.41, 5.74) is 5.08. The van der Waals surface area contributed by atoms with E-state index in [0.29, 0.717) is 37.3 Å². The van der Waals surface area contributed by atoms with Crippen molar-refractivity contribution in [2.75, 3.05) is 33.3 Å². The van der Waals surface area contributed by atoms with E-state index in [-0.39, 0.29) is 11.8 Å². The van der Waals surface area contributed by atoms with Gasteiger partial charge in [0.1, 0.15) is 5.75 Å². The van der Waals surface area contributed by atoms with Gasteiger partial charge in [-0.05, 0) is 55.0 Å². The molecule has 4 aromatic rings. The molecule has 2 heterocycles. The van der Waals surface area contributed by atoms with Crippen LogP contribution in [0.3, 0.4) is 0 Å². The van der Waals surface area contributed by atoms with E-state index in [4.69, 9.17) is 4.74 Å². The highest BCUT2D eigenvalue weighted by Gasteiger charge is 2.28. The molecule has 1 aliphatic rings. The Labute approximate surface area is 225 Å². The fraction of sp³-hybridized carbons (Fsp3) is 0.200. The summed E-state index contributed by atoms with van der Waals surface area (Å²) >= 11 is 3.41. The Morgan fingerprint density at radius 3 is 2.08 bits per heavy atom. The number of hydrogen-bond donors (Lipinski definition) is 0. The van der Waals surface area contributed by atoms with Crippen LogP contribution >= 0.6 is 15.9 Å². The van der Waals surface area contributed by atoms with Gasteiger partial charge in [-0.15, -0.1) is 0 Å². The van der Waals surface area contributed by atoms with Crippen molar-refractivity contribution >= 4 is 27.7 Å². The lowest BCUT2D eigenvalue weighted by molar-refractivity contribution is 0.0535. The van der Waals surface area contributed by atoms with Crippen molar-refractivity contribution in [3.8, 4) is 22.7 Å². The van der Waals surface area contributed by atoms with E-state index in [1.165, 1.54) is 0 Å². The average Bonchev–Trinajstić information content (AvgIpc) is 3.30. The number of halogens is 1. The van der Waals surface area contributed by atoms with Gasteiger partial charge in [0.15, 0.2) is 0 Å². The number of hydrogen-bond acceptors (Lipinski definition) is 3. The molecular weight excluding hydrogens is 530 g/mol. The Kier molecular flexibility index (Phi) is 7.15. The van der Waals surface area contributed by atoms with Gasteiger partial charge >= 0.3 is 0 Å². The fourth-order valence-corrected chi connectivity index (χ4v) is 5.05. The standard InChI is InChI=1S/C30H28BrN3O3/c1-21-27(30(36)33-17-15-32(16-18-33)29(35)23-11-13-24(31)14-12-23)20-28(22-7-4-3-5-8-22)34(21)25-9-6-10-26(19-25)37-2/h3-14,19-20H,15-18H2,1-2H3. The number of ether oxygens (including phenoxy) is 1. The molecule has 0 spiro atoms. The number of aromatic nitrogens is 1. The third-order valence-electron chi connectivity index (χ3n) is 6.80. The highest BCUT2D eigenvalue weighted by Crippen LogP contribution is 2.31. The predicted molar refractivity (Wildman–Crippen MR) is 148 cm³/mol. The maximum atomic E-state index is 13.7. The maximum Gasteiger partial charge on any atom is 0.255 e. The summed E-state index contributed by atoms with van der Waals surface area (Å²) in [5, 5.41) is 0. The van der Waals surface area contributed by atoms with Crippen molar-refractivity contribution < 1.29 is 14.3 Å². The van der Waals surface area contributed by atoms with Crippen LogP contribution in [0, 0.1) is 6.92 Å². The van der Waals surface area contributed by atoms with Gasteiger partial charge < -0.3 is 19.1 Å². The summed E-state index contributed by atoms with van der Waals surface area (Å²) in [5.74, 6) is 0.724. The van der Waals surface area contributed by atoms with Crippen molar-refractivity contribution in [1.82, 2.24) is 14.4 Å². The number of carbonyl (C=O) groups excluding carboxylic acids is 2. The van der Waals surface area contributed by atoms with Crippen LogP contribution in [0.25, 0.3) is 16.9 Å². The van der Waals surface area contributed by atoms with Crippen LogP contribution in [0.5, 0.6) is 5.75 Å². The molecule has 1 fully saturated rings. The molecule has 1 aliphatic heterocycles. The first kappa shape index (κ1) is 24.8. The molecular formula is C30H28BrN3O3. The lowest BCUT2D eigenvalue weighted by Crippen LogP contribution is -2.50. The smallest absolute Gasteiger partial charge is 0.255 e. The third-order valence-corrected chi connectivity index (χ3v) is 7.33. The van der Waals surface area contributed by atoms with Gasteiger partial charge in [-0.3, -0.25) is 9.59 Å². The second kappa shape index (κ2) is 10.6. The van der Waals surface area contributed by atoms with E-state index in [1.54, 1.807) is 7.11 Å². The molecule has 7 heteroatoms. The van der Waals surface area contributed by atoms with Crippen molar-refractivity contribution in [2.45, 2.75) is 6.92 Å². The molecule has 0 unspecified atom stereocenters. The molecule has 0 bridgehead atoms. The third kappa shape index (κ3) is 5.04. The summed E-state index contributed by atoms with van der Waals surface area (Å²) < 4.78 is 8.50. The SMILES string of the molecule is COc1cccc(-n2c(-c3ccccc3)cc(C(=O)N3CCN(C(=O)c4ccc(Br)cc4)CC3)c2C)c1. The van der Waals surface area contributed by atoms with Crippen LogP contribution in [0.4, 0.5) is 0 Å². The topological polar surface area (TPSA) is 54.8 Å². The molecule has 0 atom stereocenters. The van der Waals surface area contributed by atoms with Gasteiger partial charge in [0, 0.05) is 53.7 Å². The summed E-state index contributed by atoms with van der Waals surface area (Å²) in [4.78, 5) is 30.3. The molecule has 3 aromatic carbocycles. The van der Waals surface area contributed by atoms with Crippen LogP contribution in [-0.2, 0) is 0 Å². The monoisotopic (exact) mass is 557 g/mol. The van der Waals surface area contributed by atoms with Crippen molar-refractivity contribution in [1.29, 1.82) is 0 Å². The Morgan fingerprint density at radius 1 is 0.784 bits per heavy atom. The first-order valence-electron chi connectivity index (χ1n) is 12.2. The van der Waals surface area contributed by atoms with E-state index in [2.05, 4.69) is 20.5 Å². The molecule has 2 amide bonds. The summed E-state index contributed by atoms with van der Waals surface area (Å²) in [6, 6.07) is 27.3. The van der Waals surface area contributed by atoms with Gasteiger partial charge in [0.2, 0.25) is 0 Å². The van der Waals surface area contributed by atoms with Crippen LogP contribution in [-0.4, -0.2) is 59.5 Å². The van der Waals surface area contributed by atoms with Crippen LogP contribution < -0.4 is 4.74 Å². The maximum absolute atomic E-state index is 13.7. The minimum Gasteiger partial charge on any atom is -0.497 e. The number of nitrogens with zero attached hydrogens (tertiary/aromatic N) is 3. The predicted octanol–water partition coefficient (Wildman–Crippen LogP) is 5.82.